The zero-order chi connectivity index (χ0) is 20.6. The van der Waals surface area contributed by atoms with Crippen LogP contribution in [0.4, 0.5) is 10.1 Å². The number of aromatic nitrogens is 3. The number of H-pyrrole nitrogens is 1. The minimum absolute atomic E-state index is 0.175. The van der Waals surface area contributed by atoms with Crippen molar-refractivity contribution in [1.82, 2.24) is 20.5 Å². The lowest BCUT2D eigenvalue weighted by Gasteiger charge is -2.16. The van der Waals surface area contributed by atoms with Crippen LogP contribution in [0.25, 0.3) is 0 Å². The molecule has 0 saturated heterocycles. The van der Waals surface area contributed by atoms with Gasteiger partial charge in [-0.2, -0.15) is 5.10 Å². The highest BCUT2D eigenvalue weighted by Gasteiger charge is 2.36. The van der Waals surface area contributed by atoms with E-state index in [2.05, 4.69) is 20.5 Å². The number of carbonyl (C=O) groups excluding carboxylic acids is 1. The predicted octanol–water partition coefficient (Wildman–Crippen LogP) is 1.79. The third-order valence-electron chi connectivity index (χ3n) is 4.79. The van der Waals surface area contributed by atoms with E-state index in [0.29, 0.717) is 28.2 Å². The lowest BCUT2D eigenvalue weighted by molar-refractivity contribution is 0.0950. The molecule has 10 heteroatoms. The number of carbonyl (C=O) groups is 1. The van der Waals surface area contributed by atoms with Crippen LogP contribution in [-0.2, 0) is 16.6 Å². The number of halogens is 1. The summed E-state index contributed by atoms with van der Waals surface area (Å²) in [6.07, 6.45) is 2.49. The van der Waals surface area contributed by atoms with E-state index < -0.39 is 10.0 Å². The van der Waals surface area contributed by atoms with Crippen LogP contribution in [0.3, 0.4) is 0 Å². The number of anilines is 1. The second-order valence-corrected chi connectivity index (χ2v) is 8.71. The van der Waals surface area contributed by atoms with Gasteiger partial charge in [0.25, 0.3) is 5.91 Å². The molecule has 1 aliphatic rings. The number of sulfonamides is 1. The molecule has 4 rings (SSSR count). The lowest BCUT2D eigenvalue weighted by Crippen LogP contribution is -2.29. The average Bonchev–Trinajstić information content (AvgIpc) is 3.32. The zero-order valence-corrected chi connectivity index (χ0v) is 16.3. The number of amides is 1. The fourth-order valence-electron chi connectivity index (χ4n) is 3.43. The van der Waals surface area contributed by atoms with Crippen LogP contribution in [-0.4, -0.2) is 42.3 Å². The molecule has 0 saturated carbocycles. The van der Waals surface area contributed by atoms with Crippen molar-refractivity contribution in [2.24, 2.45) is 0 Å². The number of nitrogens with one attached hydrogen (secondary N) is 2. The van der Waals surface area contributed by atoms with E-state index in [1.165, 1.54) is 22.8 Å². The maximum atomic E-state index is 13.3. The molecular weight excluding hydrogens is 397 g/mol. The Kier molecular flexibility index (Phi) is 4.79. The van der Waals surface area contributed by atoms with Gasteiger partial charge in [-0.05, 0) is 41.5 Å². The van der Waals surface area contributed by atoms with Crippen molar-refractivity contribution >= 4 is 21.6 Å². The van der Waals surface area contributed by atoms with Crippen LogP contribution in [0, 0.1) is 5.82 Å². The molecule has 0 radical (unpaired) electrons. The second kappa shape index (κ2) is 7.28. The number of hydrogen-bond donors (Lipinski definition) is 2. The predicted molar refractivity (Wildman–Crippen MR) is 104 cm³/mol. The van der Waals surface area contributed by atoms with Crippen molar-refractivity contribution in [3.8, 4) is 0 Å². The smallest absolute Gasteiger partial charge is 0.251 e. The summed E-state index contributed by atoms with van der Waals surface area (Å²) in [5, 5.41) is 9.37. The molecule has 1 aromatic heterocycles. The highest BCUT2D eigenvalue weighted by atomic mass is 32.2. The van der Waals surface area contributed by atoms with Gasteiger partial charge in [0.05, 0.1) is 17.9 Å². The van der Waals surface area contributed by atoms with Crippen molar-refractivity contribution < 1.29 is 17.6 Å². The van der Waals surface area contributed by atoms with E-state index in [0.717, 1.165) is 6.26 Å². The summed E-state index contributed by atoms with van der Waals surface area (Å²) in [5.41, 5.74) is 2.20. The van der Waals surface area contributed by atoms with Crippen LogP contribution in [0.2, 0.25) is 0 Å². The molecule has 1 atom stereocenters. The van der Waals surface area contributed by atoms with E-state index in [-0.39, 0.29) is 30.7 Å². The molecule has 150 valence electrons. The number of hydrogen-bond acceptors (Lipinski definition) is 5. The quantitative estimate of drug-likeness (QED) is 0.661. The summed E-state index contributed by atoms with van der Waals surface area (Å²) < 4.78 is 39.0. The van der Waals surface area contributed by atoms with Crippen molar-refractivity contribution in [2.45, 2.75) is 12.5 Å². The van der Waals surface area contributed by atoms with E-state index in [4.69, 9.17) is 0 Å². The van der Waals surface area contributed by atoms with Gasteiger partial charge in [-0.3, -0.25) is 14.2 Å². The number of benzene rings is 2. The Morgan fingerprint density at radius 2 is 2.14 bits per heavy atom. The Morgan fingerprint density at radius 3 is 2.83 bits per heavy atom. The van der Waals surface area contributed by atoms with Crippen molar-refractivity contribution in [3.05, 3.63) is 77.1 Å². The zero-order valence-electron chi connectivity index (χ0n) is 15.5. The van der Waals surface area contributed by atoms with Gasteiger partial charge in [0.15, 0.2) is 0 Å². The summed E-state index contributed by atoms with van der Waals surface area (Å²) >= 11 is 0. The molecule has 1 aliphatic heterocycles. The SMILES string of the molecule is CS(=O)(=O)N1C[C@H](c2ncn[nH]2)c2cc(C(=O)NCc3cccc(F)c3)ccc21. The Bertz CT molecular complexity index is 1160. The second-order valence-electron chi connectivity index (χ2n) is 6.80. The number of aromatic amines is 1. The minimum Gasteiger partial charge on any atom is -0.348 e. The maximum Gasteiger partial charge on any atom is 0.251 e. The molecule has 1 amide bonds. The van der Waals surface area contributed by atoms with E-state index >= 15 is 0 Å². The summed E-state index contributed by atoms with van der Waals surface area (Å²) in [6.45, 7) is 0.354. The fraction of sp³-hybridized carbons (Fsp3) is 0.211. The Labute approximate surface area is 166 Å². The molecular formula is C19H18FN5O3S. The molecule has 0 fully saturated rings. The van der Waals surface area contributed by atoms with Gasteiger partial charge in [0.2, 0.25) is 10.0 Å². The largest absolute Gasteiger partial charge is 0.348 e. The average molecular weight is 415 g/mol. The fourth-order valence-corrected chi connectivity index (χ4v) is 4.37. The number of fused-ring (bicyclic) bond motifs is 1. The molecule has 8 nitrogen and oxygen atoms in total. The monoisotopic (exact) mass is 415 g/mol. The normalized spacial score (nSPS) is 15.9. The summed E-state index contributed by atoms with van der Waals surface area (Å²) in [6, 6.07) is 10.8. The highest BCUT2D eigenvalue weighted by molar-refractivity contribution is 7.92. The Balaban J connectivity index is 1.62. The third kappa shape index (κ3) is 3.83. The molecule has 0 spiro atoms. The summed E-state index contributed by atoms with van der Waals surface area (Å²) in [4.78, 5) is 16.8. The minimum atomic E-state index is -3.49. The molecule has 2 N–H and O–H groups in total. The van der Waals surface area contributed by atoms with E-state index in [1.54, 1.807) is 30.3 Å². The maximum absolute atomic E-state index is 13.3. The van der Waals surface area contributed by atoms with Gasteiger partial charge in [-0.1, -0.05) is 12.1 Å². The van der Waals surface area contributed by atoms with Crippen molar-refractivity contribution in [3.63, 3.8) is 0 Å². The van der Waals surface area contributed by atoms with Gasteiger partial charge in [0.1, 0.15) is 18.0 Å². The van der Waals surface area contributed by atoms with Crippen LogP contribution in [0.5, 0.6) is 0 Å². The van der Waals surface area contributed by atoms with Gasteiger partial charge in [-0.15, -0.1) is 0 Å². The third-order valence-corrected chi connectivity index (χ3v) is 5.93. The molecule has 0 unspecified atom stereocenters. The highest BCUT2D eigenvalue weighted by Crippen LogP contribution is 2.40. The lowest BCUT2D eigenvalue weighted by atomic mass is 9.98. The van der Waals surface area contributed by atoms with Gasteiger partial charge >= 0.3 is 0 Å². The summed E-state index contributed by atoms with van der Waals surface area (Å²) in [7, 11) is -3.49. The number of nitrogens with zero attached hydrogens (tertiary/aromatic N) is 3. The van der Waals surface area contributed by atoms with Crippen LogP contribution in [0.1, 0.15) is 33.2 Å². The van der Waals surface area contributed by atoms with E-state index in [9.17, 15) is 17.6 Å². The molecule has 3 aromatic rings. The topological polar surface area (TPSA) is 108 Å². The molecule has 0 aliphatic carbocycles. The Morgan fingerprint density at radius 1 is 1.31 bits per heavy atom. The standard InChI is InChI=1S/C19H18FN5O3S/c1-29(27,28)25-10-16(18-22-11-23-24-18)15-8-13(5-6-17(15)25)19(26)21-9-12-3-2-4-14(20)7-12/h2-8,11,16H,9-10H2,1H3,(H,21,26)(H,22,23,24)/t16-/m0/s1. The Hall–Kier alpha value is -3.27. The first-order chi connectivity index (χ1) is 13.8. The first kappa shape index (κ1) is 19.1. The van der Waals surface area contributed by atoms with Crippen molar-refractivity contribution in [1.29, 1.82) is 0 Å². The van der Waals surface area contributed by atoms with Crippen LogP contribution >= 0.6 is 0 Å². The van der Waals surface area contributed by atoms with Gasteiger partial charge in [-0.25, -0.2) is 17.8 Å². The molecule has 29 heavy (non-hydrogen) atoms. The number of rotatable bonds is 5. The molecule has 2 aromatic carbocycles. The molecule has 0 bridgehead atoms. The van der Waals surface area contributed by atoms with Gasteiger partial charge < -0.3 is 5.32 Å². The van der Waals surface area contributed by atoms with Gasteiger partial charge in [0, 0.05) is 18.7 Å². The first-order valence-corrected chi connectivity index (χ1v) is 10.7. The summed E-state index contributed by atoms with van der Waals surface area (Å²) in [5.74, 6) is -0.552. The van der Waals surface area contributed by atoms with Crippen LogP contribution < -0.4 is 9.62 Å². The first-order valence-electron chi connectivity index (χ1n) is 8.82. The van der Waals surface area contributed by atoms with Crippen molar-refractivity contribution in [2.75, 3.05) is 17.1 Å². The van der Waals surface area contributed by atoms with Crippen LogP contribution in [0.15, 0.2) is 48.8 Å². The molecule has 2 heterocycles. The van der Waals surface area contributed by atoms with E-state index in [1.807, 2.05) is 0 Å².